The van der Waals surface area contributed by atoms with E-state index in [2.05, 4.69) is 110 Å². The quantitative estimate of drug-likeness (QED) is 0.288. The van der Waals surface area contributed by atoms with Gasteiger partial charge < -0.3 is 0 Å². The van der Waals surface area contributed by atoms with Crippen LogP contribution in [0.2, 0.25) is 0 Å². The minimum atomic E-state index is -1.45. The van der Waals surface area contributed by atoms with E-state index in [1.54, 1.807) is 0 Å². The van der Waals surface area contributed by atoms with Crippen molar-refractivity contribution in [1.82, 2.24) is 0 Å². The van der Waals surface area contributed by atoms with E-state index in [9.17, 15) is 0 Å². The summed E-state index contributed by atoms with van der Waals surface area (Å²) in [7, 11) is -1.45. The summed E-state index contributed by atoms with van der Waals surface area (Å²) in [5.74, 6) is 0. The Hall–Kier alpha value is -2.77. The molecule has 28 heavy (non-hydrogen) atoms. The van der Waals surface area contributed by atoms with Crippen molar-refractivity contribution in [3.05, 3.63) is 109 Å². The first-order valence-electron chi connectivity index (χ1n) is 9.95. The molecule has 0 spiro atoms. The van der Waals surface area contributed by atoms with Gasteiger partial charge in [-0.3, -0.25) is 0 Å². The predicted octanol–water partition coefficient (Wildman–Crippen LogP) is 8.34. The molecule has 0 atom stereocenters. The highest BCUT2D eigenvalue weighted by atomic mass is 32.3. The van der Waals surface area contributed by atoms with E-state index >= 15 is 0 Å². The number of aryl methyl sites for hydroxylation is 1. The van der Waals surface area contributed by atoms with Crippen molar-refractivity contribution in [2.24, 2.45) is 0 Å². The monoisotopic (exact) mass is 382 g/mol. The molecular formula is C27H26S. The molecule has 4 aromatic carbocycles. The summed E-state index contributed by atoms with van der Waals surface area (Å²) in [6.07, 6.45) is 0. The average Bonchev–Trinajstić information content (AvgIpc) is 3.07. The molecule has 5 rings (SSSR count). The molecule has 0 nitrogen and oxygen atoms in total. The highest BCUT2D eigenvalue weighted by Crippen LogP contribution is 2.79. The van der Waals surface area contributed by atoms with Crippen LogP contribution in [0, 0.1) is 6.92 Å². The molecule has 1 heterocycles. The molecule has 0 unspecified atom stereocenters. The maximum atomic E-state index is 2.36. The molecule has 0 bridgehead atoms. The van der Waals surface area contributed by atoms with Crippen LogP contribution in [0.25, 0.3) is 11.1 Å². The summed E-state index contributed by atoms with van der Waals surface area (Å²) in [5.41, 5.74) is 4.09. The number of benzene rings is 4. The first-order chi connectivity index (χ1) is 13.8. The van der Waals surface area contributed by atoms with Crippen molar-refractivity contribution in [1.29, 1.82) is 0 Å². The largest absolute Gasteiger partial charge is 0.132 e. The van der Waals surface area contributed by atoms with Crippen molar-refractivity contribution >= 4 is 10.0 Å². The molecule has 0 saturated heterocycles. The Morgan fingerprint density at radius 3 is 1.61 bits per heavy atom. The normalized spacial score (nSPS) is 14.2. The first kappa shape index (κ1) is 18.6. The molecule has 4 aromatic rings. The van der Waals surface area contributed by atoms with Crippen LogP contribution >= 0.6 is 10.0 Å². The van der Waals surface area contributed by atoms with Gasteiger partial charge in [0.05, 0.1) is 0 Å². The molecule has 0 amide bonds. The molecule has 1 heteroatoms. The van der Waals surface area contributed by atoms with E-state index < -0.39 is 10.0 Å². The Kier molecular flexibility index (Phi) is 5.11. The summed E-state index contributed by atoms with van der Waals surface area (Å²) < 4.78 is 0. The van der Waals surface area contributed by atoms with E-state index in [1.165, 1.54) is 36.3 Å². The van der Waals surface area contributed by atoms with Gasteiger partial charge in [0, 0.05) is 19.6 Å². The molecule has 0 saturated carbocycles. The summed E-state index contributed by atoms with van der Waals surface area (Å²) in [6, 6.07) is 38.0. The molecule has 1 aliphatic rings. The van der Waals surface area contributed by atoms with Crippen molar-refractivity contribution in [3.63, 3.8) is 0 Å². The zero-order valence-electron chi connectivity index (χ0n) is 16.7. The van der Waals surface area contributed by atoms with Crippen LogP contribution in [0.1, 0.15) is 19.4 Å². The number of rotatable bonds is 2. The van der Waals surface area contributed by atoms with Crippen molar-refractivity contribution in [2.45, 2.75) is 40.4 Å². The third-order valence-corrected chi connectivity index (χ3v) is 9.16. The van der Waals surface area contributed by atoms with Gasteiger partial charge in [-0.1, -0.05) is 86.1 Å². The average molecular weight is 383 g/mol. The van der Waals surface area contributed by atoms with Gasteiger partial charge in [-0.2, -0.15) is 0 Å². The van der Waals surface area contributed by atoms with Crippen LogP contribution in [0.15, 0.2) is 123 Å². The molecule has 0 radical (unpaired) electrons. The second-order valence-corrected chi connectivity index (χ2v) is 9.78. The lowest BCUT2D eigenvalue weighted by Gasteiger charge is -2.39. The fourth-order valence-electron chi connectivity index (χ4n) is 4.09. The van der Waals surface area contributed by atoms with Crippen LogP contribution in [0.3, 0.4) is 0 Å². The zero-order chi connectivity index (χ0) is 19.6. The lowest BCUT2D eigenvalue weighted by atomic mass is 10.0. The standard InChI is InChI=1S/C25H20S.C2H6/c1-19-16-17-25-23(18-19)22-14-8-9-15-24(22)26(25,20-10-4-2-5-11-20)21-12-6-3-7-13-21;1-2/h2-18H,1H3;1-2H3. The Morgan fingerprint density at radius 1 is 0.500 bits per heavy atom. The van der Waals surface area contributed by atoms with Crippen LogP contribution < -0.4 is 0 Å². The van der Waals surface area contributed by atoms with Crippen LogP contribution in [0.5, 0.6) is 0 Å². The lowest BCUT2D eigenvalue weighted by molar-refractivity contribution is 1.28. The van der Waals surface area contributed by atoms with Gasteiger partial charge in [-0.25, -0.2) is 0 Å². The highest BCUT2D eigenvalue weighted by molar-refractivity contribution is 8.34. The molecule has 140 valence electrons. The van der Waals surface area contributed by atoms with E-state index in [0.717, 1.165) is 0 Å². The second-order valence-electron chi connectivity index (χ2n) is 6.73. The van der Waals surface area contributed by atoms with Crippen LogP contribution in [-0.2, 0) is 0 Å². The summed E-state index contributed by atoms with van der Waals surface area (Å²) in [4.78, 5) is 5.72. The Labute approximate surface area is 170 Å². The highest BCUT2D eigenvalue weighted by Gasteiger charge is 2.41. The van der Waals surface area contributed by atoms with Crippen LogP contribution in [-0.4, -0.2) is 0 Å². The van der Waals surface area contributed by atoms with Gasteiger partial charge in [0.2, 0.25) is 0 Å². The third kappa shape index (κ3) is 2.70. The second kappa shape index (κ2) is 7.69. The molecular weight excluding hydrogens is 356 g/mol. The Bertz CT molecular complexity index is 1040. The van der Waals surface area contributed by atoms with Crippen molar-refractivity contribution in [2.75, 3.05) is 0 Å². The molecule has 0 aliphatic carbocycles. The lowest BCUT2D eigenvalue weighted by Crippen LogP contribution is -2.01. The SMILES string of the molecule is CC.Cc1ccc2c(c1)-c1ccccc1S2(c1ccccc1)c1ccccc1. The predicted molar refractivity (Wildman–Crippen MR) is 122 cm³/mol. The Balaban J connectivity index is 0.000000932. The summed E-state index contributed by atoms with van der Waals surface area (Å²) in [6.45, 7) is 6.18. The molecule has 0 fully saturated rings. The van der Waals surface area contributed by atoms with Gasteiger partial charge >= 0.3 is 0 Å². The summed E-state index contributed by atoms with van der Waals surface area (Å²) >= 11 is 0. The van der Waals surface area contributed by atoms with Gasteiger partial charge in [0.25, 0.3) is 0 Å². The molecule has 1 aliphatic heterocycles. The maximum Gasteiger partial charge on any atom is 0.0102 e. The number of hydrogen-bond acceptors (Lipinski definition) is 0. The van der Waals surface area contributed by atoms with Crippen LogP contribution in [0.4, 0.5) is 0 Å². The van der Waals surface area contributed by atoms with Gasteiger partial charge in [-0.05, 0) is 54.4 Å². The van der Waals surface area contributed by atoms with E-state index in [0.29, 0.717) is 0 Å². The topological polar surface area (TPSA) is 0 Å². The van der Waals surface area contributed by atoms with E-state index in [-0.39, 0.29) is 0 Å². The van der Waals surface area contributed by atoms with Crippen molar-refractivity contribution < 1.29 is 0 Å². The number of hydrogen-bond donors (Lipinski definition) is 0. The van der Waals surface area contributed by atoms with Gasteiger partial charge in [-0.15, -0.1) is 10.0 Å². The van der Waals surface area contributed by atoms with Gasteiger partial charge in [0.15, 0.2) is 0 Å². The van der Waals surface area contributed by atoms with E-state index in [1.807, 2.05) is 13.8 Å². The zero-order valence-corrected chi connectivity index (χ0v) is 17.5. The minimum Gasteiger partial charge on any atom is -0.132 e. The van der Waals surface area contributed by atoms with Crippen molar-refractivity contribution in [3.8, 4) is 11.1 Å². The molecule has 0 N–H and O–H groups in total. The number of fused-ring (bicyclic) bond motifs is 3. The Morgan fingerprint density at radius 2 is 1.00 bits per heavy atom. The minimum absolute atomic E-state index is 1.31. The third-order valence-electron chi connectivity index (χ3n) is 5.17. The molecule has 0 aromatic heterocycles. The smallest absolute Gasteiger partial charge is 0.0102 e. The first-order valence-corrected chi connectivity index (χ1v) is 11.6. The fraction of sp³-hybridized carbons (Fsp3) is 0.111. The fourth-order valence-corrected chi connectivity index (χ4v) is 8.31. The summed E-state index contributed by atoms with van der Waals surface area (Å²) in [5, 5.41) is 0. The van der Waals surface area contributed by atoms with Gasteiger partial charge in [0.1, 0.15) is 0 Å². The maximum absolute atomic E-state index is 2.36. The van der Waals surface area contributed by atoms with E-state index in [4.69, 9.17) is 0 Å².